The molecule has 52 valence electrons. The summed E-state index contributed by atoms with van der Waals surface area (Å²) in [7, 11) is 0. The summed E-state index contributed by atoms with van der Waals surface area (Å²) in [6.07, 6.45) is 0. The molecule has 8 heavy (non-hydrogen) atoms. The third-order valence-corrected chi connectivity index (χ3v) is 0. The fourth-order valence-corrected chi connectivity index (χ4v) is 0. The van der Waals surface area contributed by atoms with E-state index in [4.69, 9.17) is 16.0 Å². The van der Waals surface area contributed by atoms with Gasteiger partial charge >= 0.3 is 48.3 Å². The van der Waals surface area contributed by atoms with Crippen LogP contribution in [0.25, 0.3) is 0 Å². The summed E-state index contributed by atoms with van der Waals surface area (Å²) >= 11 is -5.12. The molecule has 8 heteroatoms. The van der Waals surface area contributed by atoms with Crippen LogP contribution in [0.1, 0.15) is 1.43 Å². The molecule has 0 bridgehead atoms. The first kappa shape index (κ1) is 22.6. The molecule has 0 atom stereocenters. The number of hydrogen-bond donors (Lipinski definition) is 2. The van der Waals surface area contributed by atoms with Crippen molar-refractivity contribution in [2.24, 2.45) is 0 Å². The molecule has 0 spiro atoms. The molecule has 0 amide bonds. The Bertz CT molecular complexity index is 102. The summed E-state index contributed by atoms with van der Waals surface area (Å²) in [5.41, 5.74) is 0. The van der Waals surface area contributed by atoms with Crippen molar-refractivity contribution in [1.82, 2.24) is 0 Å². The quantitative estimate of drug-likeness (QED) is 0.422. The van der Waals surface area contributed by atoms with Crippen LogP contribution in [0.2, 0.25) is 0 Å². The SMILES string of the molecule is [H-].[Li+].[Mn].[Ni].[O]=[Mn](=[O])([OH])[OH]. The van der Waals surface area contributed by atoms with Gasteiger partial charge in [-0.1, -0.05) is 0 Å². The van der Waals surface area contributed by atoms with Gasteiger partial charge in [-0.25, -0.2) is 0 Å². The zero-order valence-corrected chi connectivity index (χ0v) is 7.13. The minimum absolute atomic E-state index is 0. The first-order valence-corrected chi connectivity index (χ1v) is 2.67. The minimum atomic E-state index is -5.12. The van der Waals surface area contributed by atoms with E-state index in [0.717, 1.165) is 0 Å². The van der Waals surface area contributed by atoms with Gasteiger partial charge in [-0.2, -0.15) is 0 Å². The second-order valence-electron chi connectivity index (χ2n) is 0.415. The average molecular weight is 243 g/mol. The molecule has 0 rings (SSSR count). The van der Waals surface area contributed by atoms with Gasteiger partial charge in [0.25, 0.3) is 0 Å². The Balaban J connectivity index is -0.0000000133. The van der Waals surface area contributed by atoms with Crippen molar-refractivity contribution < 1.29 is 83.3 Å². The summed E-state index contributed by atoms with van der Waals surface area (Å²) in [6.45, 7) is 0. The first-order valence-electron chi connectivity index (χ1n) is 0.647. The van der Waals surface area contributed by atoms with Crippen LogP contribution in [0.3, 0.4) is 0 Å². The van der Waals surface area contributed by atoms with Gasteiger partial charge in [0.05, 0.1) is 0 Å². The van der Waals surface area contributed by atoms with E-state index < -0.39 is 13.4 Å². The third kappa shape index (κ3) is 124. The predicted octanol–water partition coefficient (Wildman–Crippen LogP) is -4.24. The van der Waals surface area contributed by atoms with Gasteiger partial charge in [0, 0.05) is 33.6 Å². The monoisotopic (exact) mass is 242 g/mol. The Morgan fingerprint density at radius 3 is 1.25 bits per heavy atom. The molecule has 0 aliphatic heterocycles. The second-order valence-corrected chi connectivity index (χ2v) is 1.71. The summed E-state index contributed by atoms with van der Waals surface area (Å²) in [5.74, 6) is 0. The van der Waals surface area contributed by atoms with Crippen molar-refractivity contribution >= 4 is 0 Å². The van der Waals surface area contributed by atoms with E-state index in [9.17, 15) is 0 Å². The Morgan fingerprint density at radius 1 is 1.25 bits per heavy atom. The molecular formula is H3LiMn2NiO4. The van der Waals surface area contributed by atoms with Gasteiger partial charge in [-0.3, -0.25) is 0 Å². The van der Waals surface area contributed by atoms with Crippen LogP contribution in [0, 0.1) is 0 Å². The van der Waals surface area contributed by atoms with E-state index in [1.54, 1.807) is 0 Å². The molecular weight excluding hydrogens is 240 g/mol. The van der Waals surface area contributed by atoms with Crippen molar-refractivity contribution in [3.05, 3.63) is 0 Å². The fourth-order valence-electron chi connectivity index (χ4n) is 0. The third-order valence-electron chi connectivity index (χ3n) is 0. The van der Waals surface area contributed by atoms with E-state index in [-0.39, 0.29) is 53.8 Å². The van der Waals surface area contributed by atoms with Crippen LogP contribution >= 0.6 is 0 Å². The van der Waals surface area contributed by atoms with E-state index in [2.05, 4.69) is 0 Å². The van der Waals surface area contributed by atoms with E-state index in [1.807, 2.05) is 0 Å². The van der Waals surface area contributed by atoms with Crippen molar-refractivity contribution in [1.29, 1.82) is 0 Å². The zero-order valence-electron chi connectivity index (χ0n) is 4.78. The van der Waals surface area contributed by atoms with Crippen molar-refractivity contribution in [3.63, 3.8) is 0 Å². The van der Waals surface area contributed by atoms with Crippen LogP contribution in [0.4, 0.5) is 0 Å². The molecule has 0 heterocycles. The normalized spacial score (nSPS) is 7.25. The molecule has 0 saturated carbocycles. The first-order chi connectivity index (χ1) is 2.00. The van der Waals surface area contributed by atoms with Gasteiger partial charge in [-0.05, 0) is 0 Å². The molecule has 0 fully saturated rings. The molecule has 0 unspecified atom stereocenters. The van der Waals surface area contributed by atoms with Gasteiger partial charge in [0.2, 0.25) is 0 Å². The van der Waals surface area contributed by atoms with Crippen molar-refractivity contribution in [3.8, 4) is 0 Å². The van der Waals surface area contributed by atoms with E-state index in [0.29, 0.717) is 0 Å². The Morgan fingerprint density at radius 2 is 1.25 bits per heavy atom. The maximum atomic E-state index is 8.80. The van der Waals surface area contributed by atoms with Gasteiger partial charge in [-0.15, -0.1) is 0 Å². The van der Waals surface area contributed by atoms with Crippen LogP contribution < -0.4 is 18.9 Å². The van der Waals surface area contributed by atoms with Gasteiger partial charge in [0.15, 0.2) is 0 Å². The fraction of sp³-hybridized carbons (Fsp3) is 0. The molecule has 1 radical (unpaired) electrons. The number of rotatable bonds is 0. The summed E-state index contributed by atoms with van der Waals surface area (Å²) in [5, 5.41) is 0. The van der Waals surface area contributed by atoms with Crippen LogP contribution in [0.5, 0.6) is 0 Å². The van der Waals surface area contributed by atoms with Crippen LogP contribution in [-0.2, 0) is 54.6 Å². The summed E-state index contributed by atoms with van der Waals surface area (Å²) < 4.78 is 31.8. The summed E-state index contributed by atoms with van der Waals surface area (Å²) in [6, 6.07) is 0. The van der Waals surface area contributed by atoms with E-state index in [1.165, 1.54) is 0 Å². The molecule has 0 aliphatic carbocycles. The second kappa shape index (κ2) is 8.65. The standard InChI is InChI=1S/Li.2Mn.Ni.2H2O.2O.H/h;;;;2*1H2;;;/q+1;;+2;;;;;;-1/p-2. The molecule has 0 aromatic heterocycles. The van der Waals surface area contributed by atoms with Crippen molar-refractivity contribution in [2.45, 2.75) is 0 Å². The Hall–Kier alpha value is 1.65. The van der Waals surface area contributed by atoms with Crippen molar-refractivity contribution in [2.75, 3.05) is 0 Å². The van der Waals surface area contributed by atoms with Crippen LogP contribution in [0.15, 0.2) is 0 Å². The predicted molar refractivity (Wildman–Crippen MR) is 6.92 cm³/mol. The maximum absolute atomic E-state index is 8.80. The van der Waals surface area contributed by atoms with Crippen LogP contribution in [-0.4, -0.2) is 8.38 Å². The van der Waals surface area contributed by atoms with E-state index >= 15 is 0 Å². The average Bonchev–Trinajstić information content (AvgIpc) is 0.722. The summed E-state index contributed by atoms with van der Waals surface area (Å²) in [4.78, 5) is 0. The zero-order chi connectivity index (χ0) is 4.50. The molecule has 0 aromatic carbocycles. The number of hydrogen-bond acceptors (Lipinski definition) is 2. The Kier molecular flexibility index (Phi) is 24.5. The molecule has 0 saturated heterocycles. The molecule has 0 aliphatic rings. The van der Waals surface area contributed by atoms with Gasteiger partial charge in [0.1, 0.15) is 0 Å². The Labute approximate surface area is 82.8 Å². The molecule has 4 nitrogen and oxygen atoms in total. The molecule has 2 N–H and O–H groups in total. The topological polar surface area (TPSA) is 74.6 Å². The van der Waals surface area contributed by atoms with Gasteiger partial charge < -0.3 is 1.43 Å². The molecule has 0 aromatic rings.